The first-order valence-corrected chi connectivity index (χ1v) is 5.69. The van der Waals surface area contributed by atoms with E-state index in [0.717, 1.165) is 24.5 Å². The second-order valence-electron chi connectivity index (χ2n) is 4.01. The molecule has 3 heteroatoms. The second-order valence-corrected chi connectivity index (χ2v) is 4.01. The van der Waals surface area contributed by atoms with Crippen LogP contribution < -0.4 is 9.47 Å². The lowest BCUT2D eigenvalue weighted by atomic mass is 9.94. The maximum Gasteiger partial charge on any atom is 0.140 e. The average Bonchev–Trinajstić information content (AvgIpc) is 2.26. The summed E-state index contributed by atoms with van der Waals surface area (Å²) < 4.78 is 11.1. The third-order valence-electron chi connectivity index (χ3n) is 2.51. The monoisotopic (exact) mass is 220 g/mol. The van der Waals surface area contributed by atoms with Gasteiger partial charge in [0.15, 0.2) is 0 Å². The van der Waals surface area contributed by atoms with E-state index in [1.807, 2.05) is 24.3 Å². The zero-order valence-corrected chi connectivity index (χ0v) is 9.44. The van der Waals surface area contributed by atoms with Gasteiger partial charge >= 0.3 is 0 Å². The van der Waals surface area contributed by atoms with Crippen molar-refractivity contribution in [3.8, 4) is 11.5 Å². The normalized spacial score (nSPS) is 15.7. The fourth-order valence-electron chi connectivity index (χ4n) is 1.56. The van der Waals surface area contributed by atoms with Crippen LogP contribution in [0.25, 0.3) is 0 Å². The van der Waals surface area contributed by atoms with Crippen molar-refractivity contribution in [2.24, 2.45) is 0 Å². The number of hydrogen-bond donors (Lipinski definition) is 0. The van der Waals surface area contributed by atoms with Crippen LogP contribution in [-0.2, 0) is 4.79 Å². The largest absolute Gasteiger partial charge is 0.494 e. The van der Waals surface area contributed by atoms with Crippen LogP contribution in [0.15, 0.2) is 24.3 Å². The first-order chi connectivity index (χ1) is 7.78. The molecule has 2 rings (SSSR count). The van der Waals surface area contributed by atoms with Gasteiger partial charge in [-0.2, -0.15) is 0 Å². The maximum atomic E-state index is 10.8. The molecule has 0 heterocycles. The van der Waals surface area contributed by atoms with E-state index in [0.29, 0.717) is 12.8 Å². The van der Waals surface area contributed by atoms with Gasteiger partial charge < -0.3 is 9.47 Å². The van der Waals surface area contributed by atoms with Crippen LogP contribution in [0.3, 0.4) is 0 Å². The summed E-state index contributed by atoms with van der Waals surface area (Å²) in [6.45, 7) is 2.81. The molecule has 0 saturated heterocycles. The third-order valence-corrected chi connectivity index (χ3v) is 2.51. The predicted molar refractivity (Wildman–Crippen MR) is 60.9 cm³/mol. The summed E-state index contributed by atoms with van der Waals surface area (Å²) in [5, 5.41) is 0. The lowest BCUT2D eigenvalue weighted by Crippen LogP contribution is -2.33. The molecule has 0 aromatic heterocycles. The topological polar surface area (TPSA) is 35.5 Å². The summed E-state index contributed by atoms with van der Waals surface area (Å²) in [4.78, 5) is 10.8. The molecule has 0 radical (unpaired) electrons. The fraction of sp³-hybridized carbons (Fsp3) is 0.462. The summed E-state index contributed by atoms with van der Waals surface area (Å²) >= 11 is 0. The molecule has 1 saturated carbocycles. The molecule has 16 heavy (non-hydrogen) atoms. The Balaban J connectivity index is 1.84. The van der Waals surface area contributed by atoms with Gasteiger partial charge in [-0.15, -0.1) is 0 Å². The quantitative estimate of drug-likeness (QED) is 0.765. The van der Waals surface area contributed by atoms with Crippen molar-refractivity contribution in [3.05, 3.63) is 24.3 Å². The number of benzene rings is 1. The molecule has 0 aliphatic heterocycles. The van der Waals surface area contributed by atoms with Gasteiger partial charge in [-0.25, -0.2) is 0 Å². The Morgan fingerprint density at radius 3 is 2.38 bits per heavy atom. The summed E-state index contributed by atoms with van der Waals surface area (Å²) in [7, 11) is 0. The van der Waals surface area contributed by atoms with Crippen LogP contribution in [0, 0.1) is 0 Å². The molecular weight excluding hydrogens is 204 g/mol. The molecule has 0 bridgehead atoms. The lowest BCUT2D eigenvalue weighted by Gasteiger charge is -2.25. The molecular formula is C13H16O3. The molecule has 1 aliphatic rings. The number of Topliss-reactive ketones (excluding diaryl/α,β-unsaturated/α-hetero) is 1. The van der Waals surface area contributed by atoms with E-state index < -0.39 is 0 Å². The summed E-state index contributed by atoms with van der Waals surface area (Å²) in [6.07, 6.45) is 2.18. The lowest BCUT2D eigenvalue weighted by molar-refractivity contribution is -0.129. The van der Waals surface area contributed by atoms with E-state index in [-0.39, 0.29) is 11.9 Å². The van der Waals surface area contributed by atoms with E-state index in [1.165, 1.54) is 0 Å². The molecule has 1 aliphatic carbocycles. The van der Waals surface area contributed by atoms with Crippen LogP contribution in [-0.4, -0.2) is 18.5 Å². The van der Waals surface area contributed by atoms with Gasteiger partial charge in [-0.05, 0) is 30.7 Å². The minimum absolute atomic E-state index is 0.0786. The molecule has 0 spiro atoms. The van der Waals surface area contributed by atoms with E-state index in [9.17, 15) is 4.79 Å². The van der Waals surface area contributed by atoms with Gasteiger partial charge in [0.05, 0.1) is 6.61 Å². The van der Waals surface area contributed by atoms with Crippen molar-refractivity contribution >= 4 is 5.78 Å². The van der Waals surface area contributed by atoms with E-state index >= 15 is 0 Å². The number of hydrogen-bond acceptors (Lipinski definition) is 3. The Hall–Kier alpha value is -1.51. The summed E-state index contributed by atoms with van der Waals surface area (Å²) in [5.41, 5.74) is 0. The Bertz CT molecular complexity index is 348. The highest BCUT2D eigenvalue weighted by atomic mass is 16.5. The zero-order chi connectivity index (χ0) is 11.4. The standard InChI is InChI=1S/C13H16O3/c1-2-7-15-11-3-5-12(6-4-11)16-13-8-10(14)9-13/h3-6,13H,2,7-9H2,1H3. The number of carbonyl (C=O) groups excluding carboxylic acids is 1. The highest BCUT2D eigenvalue weighted by Crippen LogP contribution is 2.24. The number of ether oxygens (including phenoxy) is 2. The van der Waals surface area contributed by atoms with Gasteiger partial charge in [0.2, 0.25) is 0 Å². The van der Waals surface area contributed by atoms with Crippen molar-refractivity contribution < 1.29 is 14.3 Å². The molecule has 0 N–H and O–H groups in total. The number of carbonyl (C=O) groups is 1. The summed E-state index contributed by atoms with van der Waals surface area (Å²) in [6, 6.07) is 7.55. The minimum atomic E-state index is 0.0786. The van der Waals surface area contributed by atoms with E-state index in [4.69, 9.17) is 9.47 Å². The first kappa shape index (κ1) is 11.0. The van der Waals surface area contributed by atoms with Crippen molar-refractivity contribution in [1.82, 2.24) is 0 Å². The van der Waals surface area contributed by atoms with Crippen molar-refractivity contribution in [3.63, 3.8) is 0 Å². The van der Waals surface area contributed by atoms with Crippen molar-refractivity contribution in [2.75, 3.05) is 6.61 Å². The third kappa shape index (κ3) is 2.75. The smallest absolute Gasteiger partial charge is 0.140 e. The highest BCUT2D eigenvalue weighted by Gasteiger charge is 2.28. The van der Waals surface area contributed by atoms with E-state index in [2.05, 4.69) is 6.92 Å². The van der Waals surface area contributed by atoms with Crippen molar-refractivity contribution in [2.45, 2.75) is 32.3 Å². The van der Waals surface area contributed by atoms with Gasteiger partial charge in [-0.3, -0.25) is 4.79 Å². The minimum Gasteiger partial charge on any atom is -0.494 e. The van der Waals surface area contributed by atoms with Crippen LogP contribution in [0.2, 0.25) is 0 Å². The van der Waals surface area contributed by atoms with Crippen LogP contribution in [0.4, 0.5) is 0 Å². The SMILES string of the molecule is CCCOc1ccc(OC2CC(=O)C2)cc1. The maximum absolute atomic E-state index is 10.8. The van der Waals surface area contributed by atoms with Gasteiger partial charge in [-0.1, -0.05) is 6.92 Å². The zero-order valence-electron chi connectivity index (χ0n) is 9.44. The van der Waals surface area contributed by atoms with Crippen LogP contribution >= 0.6 is 0 Å². The predicted octanol–water partition coefficient (Wildman–Crippen LogP) is 2.59. The Morgan fingerprint density at radius 2 is 1.81 bits per heavy atom. The average molecular weight is 220 g/mol. The Morgan fingerprint density at radius 1 is 1.19 bits per heavy atom. The van der Waals surface area contributed by atoms with Gasteiger partial charge in [0.25, 0.3) is 0 Å². The number of ketones is 1. The molecule has 0 unspecified atom stereocenters. The Labute approximate surface area is 95.4 Å². The van der Waals surface area contributed by atoms with Crippen molar-refractivity contribution in [1.29, 1.82) is 0 Å². The second kappa shape index (κ2) is 5.01. The van der Waals surface area contributed by atoms with Gasteiger partial charge in [0.1, 0.15) is 23.4 Å². The van der Waals surface area contributed by atoms with Crippen LogP contribution in [0.1, 0.15) is 26.2 Å². The molecule has 1 aromatic carbocycles. The molecule has 0 atom stereocenters. The first-order valence-electron chi connectivity index (χ1n) is 5.69. The summed E-state index contributed by atoms with van der Waals surface area (Å²) in [5.74, 6) is 1.95. The molecule has 0 amide bonds. The van der Waals surface area contributed by atoms with E-state index in [1.54, 1.807) is 0 Å². The van der Waals surface area contributed by atoms with Gasteiger partial charge in [0, 0.05) is 12.8 Å². The molecule has 1 aromatic rings. The highest BCUT2D eigenvalue weighted by molar-refractivity contribution is 5.85. The fourth-order valence-corrected chi connectivity index (χ4v) is 1.56. The Kier molecular flexibility index (Phi) is 3.44. The van der Waals surface area contributed by atoms with Crippen LogP contribution in [0.5, 0.6) is 11.5 Å². The molecule has 3 nitrogen and oxygen atoms in total. The molecule has 1 fully saturated rings. The number of rotatable bonds is 5. The molecule has 86 valence electrons.